The first-order valence-corrected chi connectivity index (χ1v) is 10.2. The summed E-state index contributed by atoms with van der Waals surface area (Å²) in [6.45, 7) is 2.68. The molecule has 0 aliphatic carbocycles. The van der Waals surface area contributed by atoms with E-state index >= 15 is 0 Å². The van der Waals surface area contributed by atoms with Gasteiger partial charge in [0.05, 0.1) is 27.0 Å². The Morgan fingerprint density at radius 1 is 1.03 bits per heavy atom. The molecule has 1 saturated heterocycles. The molecule has 1 heterocycles. The van der Waals surface area contributed by atoms with Crippen LogP contribution in [-0.4, -0.2) is 60.0 Å². The van der Waals surface area contributed by atoms with Crippen molar-refractivity contribution in [3.8, 4) is 17.2 Å². The number of nitrogens with one attached hydrogen (secondary N) is 2. The van der Waals surface area contributed by atoms with Crippen LogP contribution in [0.25, 0.3) is 0 Å². The Morgan fingerprint density at radius 2 is 1.77 bits per heavy atom. The number of nitrogens with zero attached hydrogens (tertiary/aromatic N) is 2. The molecular weight excluding hydrogens is 507 g/mol. The number of rotatable bonds is 8. The monoisotopic (exact) mass is 540 g/mol. The van der Waals surface area contributed by atoms with Crippen LogP contribution >= 0.6 is 24.0 Å². The second-order valence-corrected chi connectivity index (χ2v) is 7.19. The van der Waals surface area contributed by atoms with Gasteiger partial charge in [0.15, 0.2) is 17.5 Å². The summed E-state index contributed by atoms with van der Waals surface area (Å²) >= 11 is 0. The minimum atomic E-state index is 0. The van der Waals surface area contributed by atoms with Crippen LogP contribution in [0, 0.1) is 0 Å². The molecular formula is C23H33IN4O3. The van der Waals surface area contributed by atoms with Crippen molar-refractivity contribution in [2.24, 2.45) is 4.99 Å². The zero-order valence-corrected chi connectivity index (χ0v) is 21.0. The van der Waals surface area contributed by atoms with E-state index < -0.39 is 0 Å². The molecule has 1 unspecified atom stereocenters. The highest BCUT2D eigenvalue weighted by Crippen LogP contribution is 2.30. The van der Waals surface area contributed by atoms with Gasteiger partial charge in [-0.05, 0) is 42.7 Å². The van der Waals surface area contributed by atoms with Gasteiger partial charge in [0, 0.05) is 32.7 Å². The summed E-state index contributed by atoms with van der Waals surface area (Å²) in [5.41, 5.74) is 2.32. The van der Waals surface area contributed by atoms with Gasteiger partial charge in [0.25, 0.3) is 0 Å². The van der Waals surface area contributed by atoms with Gasteiger partial charge in [-0.1, -0.05) is 18.2 Å². The Kier molecular flexibility index (Phi) is 10.0. The number of benzene rings is 2. The largest absolute Gasteiger partial charge is 0.495 e. The van der Waals surface area contributed by atoms with Gasteiger partial charge in [-0.25, -0.2) is 0 Å². The van der Waals surface area contributed by atoms with Crippen molar-refractivity contribution in [3.63, 3.8) is 0 Å². The van der Waals surface area contributed by atoms with E-state index in [0.29, 0.717) is 6.04 Å². The van der Waals surface area contributed by atoms with Gasteiger partial charge in [-0.15, -0.1) is 24.0 Å². The molecule has 2 aromatic carbocycles. The van der Waals surface area contributed by atoms with Crippen LogP contribution in [0.1, 0.15) is 12.0 Å². The molecule has 1 aliphatic rings. The van der Waals surface area contributed by atoms with Gasteiger partial charge in [0.2, 0.25) is 0 Å². The lowest BCUT2D eigenvalue weighted by Gasteiger charge is -2.22. The van der Waals surface area contributed by atoms with Crippen LogP contribution < -0.4 is 29.7 Å². The third-order valence-corrected chi connectivity index (χ3v) is 5.33. The quantitative estimate of drug-likeness (QED) is 0.305. The van der Waals surface area contributed by atoms with Crippen molar-refractivity contribution in [3.05, 3.63) is 48.0 Å². The van der Waals surface area contributed by atoms with Gasteiger partial charge >= 0.3 is 0 Å². The fourth-order valence-electron chi connectivity index (χ4n) is 3.74. The number of anilines is 1. The molecule has 7 nitrogen and oxygen atoms in total. The summed E-state index contributed by atoms with van der Waals surface area (Å²) in [5.74, 6) is 3.23. The highest BCUT2D eigenvalue weighted by Gasteiger charge is 2.25. The number of hydrogen-bond acceptors (Lipinski definition) is 5. The summed E-state index contributed by atoms with van der Waals surface area (Å²) in [6, 6.07) is 14.5. The van der Waals surface area contributed by atoms with E-state index in [0.717, 1.165) is 61.4 Å². The number of halogens is 1. The van der Waals surface area contributed by atoms with Crippen molar-refractivity contribution in [2.75, 3.05) is 52.9 Å². The van der Waals surface area contributed by atoms with Crippen LogP contribution in [0.5, 0.6) is 17.2 Å². The van der Waals surface area contributed by atoms with Crippen LogP contribution in [-0.2, 0) is 6.42 Å². The third-order valence-electron chi connectivity index (χ3n) is 5.33. The van der Waals surface area contributed by atoms with Crippen molar-refractivity contribution < 1.29 is 14.2 Å². The fraction of sp³-hybridized carbons (Fsp3) is 0.435. The van der Waals surface area contributed by atoms with Gasteiger partial charge in [0.1, 0.15) is 5.75 Å². The molecule has 0 radical (unpaired) electrons. The predicted molar refractivity (Wildman–Crippen MR) is 137 cm³/mol. The minimum absolute atomic E-state index is 0. The van der Waals surface area contributed by atoms with Crippen LogP contribution in [0.2, 0.25) is 0 Å². The number of para-hydroxylation sites is 2. The number of methoxy groups -OCH3 is 3. The maximum atomic E-state index is 5.51. The highest BCUT2D eigenvalue weighted by atomic mass is 127. The lowest BCUT2D eigenvalue weighted by molar-refractivity contribution is 0.354. The smallest absolute Gasteiger partial charge is 0.191 e. The minimum Gasteiger partial charge on any atom is -0.495 e. The topological polar surface area (TPSA) is 67.4 Å². The van der Waals surface area contributed by atoms with E-state index in [1.165, 1.54) is 5.56 Å². The Balaban J connectivity index is 0.00000341. The van der Waals surface area contributed by atoms with Gasteiger partial charge in [-0.2, -0.15) is 0 Å². The molecule has 0 amide bonds. The maximum absolute atomic E-state index is 5.51. The van der Waals surface area contributed by atoms with Crippen LogP contribution in [0.3, 0.4) is 0 Å². The Hall–Kier alpha value is -2.36. The third kappa shape index (κ3) is 6.56. The summed E-state index contributed by atoms with van der Waals surface area (Å²) in [5, 5.41) is 6.95. The Morgan fingerprint density at radius 3 is 2.48 bits per heavy atom. The molecule has 31 heavy (non-hydrogen) atoms. The zero-order chi connectivity index (χ0) is 21.3. The molecule has 0 aromatic heterocycles. The highest BCUT2D eigenvalue weighted by molar-refractivity contribution is 14.0. The number of hydrogen-bond donors (Lipinski definition) is 2. The molecule has 8 heteroatoms. The Labute approximate surface area is 202 Å². The lowest BCUT2D eigenvalue weighted by Crippen LogP contribution is -2.45. The van der Waals surface area contributed by atoms with Gasteiger partial charge < -0.3 is 29.7 Å². The first kappa shape index (κ1) is 24.9. The van der Waals surface area contributed by atoms with E-state index in [1.807, 2.05) is 30.3 Å². The standard InChI is InChI=1S/C23H32N4O3.HI/c1-24-23(25-13-11-17-9-10-21(29-3)22(15-17)30-4)26-18-12-14-27(16-18)19-7-5-6-8-20(19)28-2;/h5-10,15,18H,11-14,16H2,1-4H3,(H2,24,25,26);1H. The van der Waals surface area contributed by atoms with Crippen LogP contribution in [0.15, 0.2) is 47.5 Å². The van der Waals surface area contributed by atoms with Crippen molar-refractivity contribution in [1.29, 1.82) is 0 Å². The Bertz CT molecular complexity index is 862. The number of guanidine groups is 1. The van der Waals surface area contributed by atoms with E-state index in [2.05, 4.69) is 32.7 Å². The molecule has 1 atom stereocenters. The maximum Gasteiger partial charge on any atom is 0.191 e. The molecule has 1 aliphatic heterocycles. The van der Waals surface area contributed by atoms with Crippen molar-refractivity contribution >= 4 is 35.6 Å². The van der Waals surface area contributed by atoms with Gasteiger partial charge in [-0.3, -0.25) is 4.99 Å². The van der Waals surface area contributed by atoms with E-state index in [9.17, 15) is 0 Å². The summed E-state index contributed by atoms with van der Waals surface area (Å²) < 4.78 is 16.2. The second-order valence-electron chi connectivity index (χ2n) is 7.19. The first-order chi connectivity index (χ1) is 14.7. The zero-order valence-electron chi connectivity index (χ0n) is 18.7. The molecule has 0 saturated carbocycles. The summed E-state index contributed by atoms with van der Waals surface area (Å²) in [6.07, 6.45) is 1.91. The second kappa shape index (κ2) is 12.5. The summed E-state index contributed by atoms with van der Waals surface area (Å²) in [4.78, 5) is 6.74. The van der Waals surface area contributed by atoms with E-state index in [4.69, 9.17) is 14.2 Å². The molecule has 2 N–H and O–H groups in total. The number of ether oxygens (including phenoxy) is 3. The van der Waals surface area contributed by atoms with Crippen molar-refractivity contribution in [1.82, 2.24) is 10.6 Å². The SMILES string of the molecule is CN=C(NCCc1ccc(OC)c(OC)c1)NC1CCN(c2ccccc2OC)C1.I. The summed E-state index contributed by atoms with van der Waals surface area (Å²) in [7, 11) is 6.82. The molecule has 0 spiro atoms. The van der Waals surface area contributed by atoms with E-state index in [1.54, 1.807) is 28.4 Å². The molecule has 1 fully saturated rings. The van der Waals surface area contributed by atoms with E-state index in [-0.39, 0.29) is 24.0 Å². The molecule has 3 rings (SSSR count). The normalized spacial score (nSPS) is 15.8. The first-order valence-electron chi connectivity index (χ1n) is 10.2. The van der Waals surface area contributed by atoms with Crippen molar-refractivity contribution in [2.45, 2.75) is 18.9 Å². The number of aliphatic imine (C=N–C) groups is 1. The average Bonchev–Trinajstić information content (AvgIpc) is 3.26. The average molecular weight is 540 g/mol. The fourth-order valence-corrected chi connectivity index (χ4v) is 3.74. The van der Waals surface area contributed by atoms with Crippen LogP contribution in [0.4, 0.5) is 5.69 Å². The molecule has 0 bridgehead atoms. The lowest BCUT2D eigenvalue weighted by atomic mass is 10.1. The molecule has 2 aromatic rings. The predicted octanol–water partition coefficient (Wildman–Crippen LogP) is 3.32. The molecule has 170 valence electrons.